The summed E-state index contributed by atoms with van der Waals surface area (Å²) in [4.78, 5) is 26.2. The molecular weight excluding hydrogens is 456 g/mol. The lowest BCUT2D eigenvalue weighted by Crippen LogP contribution is -2.52. The van der Waals surface area contributed by atoms with Crippen molar-refractivity contribution >= 4 is 33.2 Å². The lowest BCUT2D eigenvalue weighted by Gasteiger charge is -2.43. The Morgan fingerprint density at radius 2 is 1.42 bits per heavy atom. The lowest BCUT2D eigenvalue weighted by molar-refractivity contribution is 0.342. The van der Waals surface area contributed by atoms with E-state index in [1.165, 1.54) is 13.0 Å². The molecule has 2 heterocycles. The third kappa shape index (κ3) is 2.94. The number of fused-ring (bicyclic) bond motifs is 2. The molecule has 0 amide bonds. The van der Waals surface area contributed by atoms with Crippen LogP contribution >= 0.6 is 0 Å². The van der Waals surface area contributed by atoms with Gasteiger partial charge in [0.2, 0.25) is 0 Å². The standard InChI is InChI=1S/C28H16N4O4/c1-27(21-11-17-7-3-5-9-23(17)36-26(21)34)12-19(20(13-29)24(32)28(27,14-30)15-31)18-10-16-6-2-4-8-22(16)35-25(18)33/h2-11,32H,12H2,1H3. The van der Waals surface area contributed by atoms with Crippen LogP contribution in [0, 0.1) is 44.8 Å². The SMILES string of the molecule is CC1(c2cc3ccccc3oc2=O)CC(c2cc3ccccc3oc2=O)=C(C#N)C(=N)C1(C#N)C#N. The van der Waals surface area contributed by atoms with Gasteiger partial charge in [0, 0.05) is 21.8 Å². The van der Waals surface area contributed by atoms with Crippen LogP contribution in [0.25, 0.3) is 27.5 Å². The van der Waals surface area contributed by atoms with E-state index in [1.807, 2.05) is 18.2 Å². The average Bonchev–Trinajstić information content (AvgIpc) is 2.88. The van der Waals surface area contributed by atoms with E-state index in [9.17, 15) is 25.4 Å². The minimum Gasteiger partial charge on any atom is -0.423 e. The van der Waals surface area contributed by atoms with Gasteiger partial charge in [-0.15, -0.1) is 0 Å². The third-order valence-corrected chi connectivity index (χ3v) is 6.93. The Hall–Kier alpha value is -5.26. The van der Waals surface area contributed by atoms with E-state index in [2.05, 4.69) is 0 Å². The first-order valence-electron chi connectivity index (χ1n) is 10.9. The second-order valence-corrected chi connectivity index (χ2v) is 8.79. The van der Waals surface area contributed by atoms with Crippen LogP contribution in [-0.4, -0.2) is 5.71 Å². The Morgan fingerprint density at radius 3 is 2.00 bits per heavy atom. The van der Waals surface area contributed by atoms with Crippen molar-refractivity contribution in [2.45, 2.75) is 18.8 Å². The van der Waals surface area contributed by atoms with Gasteiger partial charge in [-0.1, -0.05) is 43.3 Å². The van der Waals surface area contributed by atoms with E-state index in [-0.39, 0.29) is 28.7 Å². The minimum absolute atomic E-state index is 0.00582. The number of nitriles is 3. The number of nitrogens with zero attached hydrogens (tertiary/aromatic N) is 3. The summed E-state index contributed by atoms with van der Waals surface area (Å²) in [5.41, 5.74) is -5.39. The molecule has 0 radical (unpaired) electrons. The van der Waals surface area contributed by atoms with Gasteiger partial charge in [0.1, 0.15) is 17.2 Å². The molecule has 0 bridgehead atoms. The van der Waals surface area contributed by atoms with Crippen molar-refractivity contribution in [1.82, 2.24) is 0 Å². The highest BCUT2D eigenvalue weighted by molar-refractivity contribution is 6.16. The summed E-state index contributed by atoms with van der Waals surface area (Å²) in [7, 11) is 0. The molecule has 4 aromatic rings. The molecule has 5 rings (SSSR count). The van der Waals surface area contributed by atoms with Crippen molar-refractivity contribution in [3.8, 4) is 18.2 Å². The fraction of sp³-hybridized carbons (Fsp3) is 0.143. The highest BCUT2D eigenvalue weighted by Gasteiger charge is 2.59. The fourth-order valence-corrected chi connectivity index (χ4v) is 4.94. The zero-order valence-corrected chi connectivity index (χ0v) is 19.0. The molecule has 1 aliphatic rings. The normalized spacial score (nSPS) is 19.0. The van der Waals surface area contributed by atoms with Gasteiger partial charge < -0.3 is 14.2 Å². The van der Waals surface area contributed by atoms with Gasteiger partial charge >= 0.3 is 11.3 Å². The molecule has 0 saturated heterocycles. The van der Waals surface area contributed by atoms with E-state index in [1.54, 1.807) is 54.6 Å². The van der Waals surface area contributed by atoms with Gasteiger partial charge in [-0.3, -0.25) is 0 Å². The molecule has 8 heteroatoms. The van der Waals surface area contributed by atoms with Gasteiger partial charge in [-0.2, -0.15) is 15.8 Å². The maximum atomic E-state index is 13.2. The fourth-order valence-electron chi connectivity index (χ4n) is 4.94. The monoisotopic (exact) mass is 472 g/mol. The summed E-state index contributed by atoms with van der Waals surface area (Å²) in [6.07, 6.45) is -0.231. The van der Waals surface area contributed by atoms with Gasteiger partial charge in [-0.05, 0) is 36.3 Å². The Morgan fingerprint density at radius 1 is 0.861 bits per heavy atom. The van der Waals surface area contributed by atoms with E-state index < -0.39 is 27.8 Å². The molecule has 36 heavy (non-hydrogen) atoms. The van der Waals surface area contributed by atoms with Gasteiger partial charge in [0.05, 0.1) is 29.0 Å². The zero-order valence-electron chi connectivity index (χ0n) is 19.0. The van der Waals surface area contributed by atoms with Crippen molar-refractivity contribution in [1.29, 1.82) is 21.2 Å². The molecule has 0 aliphatic heterocycles. The number of hydrogen-bond acceptors (Lipinski definition) is 8. The first kappa shape index (κ1) is 22.5. The maximum Gasteiger partial charge on any atom is 0.343 e. The number of nitrogens with one attached hydrogen (secondary N) is 1. The van der Waals surface area contributed by atoms with Crippen LogP contribution in [0.15, 0.2) is 84.7 Å². The van der Waals surface area contributed by atoms with Gasteiger partial charge in [0.25, 0.3) is 0 Å². The molecular formula is C28H16N4O4. The van der Waals surface area contributed by atoms with Crippen LogP contribution in [0.3, 0.4) is 0 Å². The number of benzene rings is 2. The molecule has 1 aliphatic carbocycles. The van der Waals surface area contributed by atoms with Gasteiger partial charge in [0.15, 0.2) is 5.41 Å². The molecule has 0 saturated carbocycles. The third-order valence-electron chi connectivity index (χ3n) is 6.93. The minimum atomic E-state index is -2.20. The number of hydrogen-bond donors (Lipinski definition) is 1. The molecule has 1 atom stereocenters. The van der Waals surface area contributed by atoms with Crippen LogP contribution in [-0.2, 0) is 5.41 Å². The Balaban J connectivity index is 1.86. The second-order valence-electron chi connectivity index (χ2n) is 8.79. The van der Waals surface area contributed by atoms with E-state index in [0.717, 1.165) is 0 Å². The van der Waals surface area contributed by atoms with Crippen LogP contribution in [0.5, 0.6) is 0 Å². The van der Waals surface area contributed by atoms with Crippen LogP contribution < -0.4 is 11.3 Å². The predicted octanol–water partition coefficient (Wildman–Crippen LogP) is 4.59. The van der Waals surface area contributed by atoms with Crippen LogP contribution in [0.1, 0.15) is 24.5 Å². The molecule has 0 fully saturated rings. The van der Waals surface area contributed by atoms with E-state index >= 15 is 0 Å². The lowest BCUT2D eigenvalue weighted by atomic mass is 9.53. The van der Waals surface area contributed by atoms with Crippen molar-refractivity contribution in [3.05, 3.63) is 98.2 Å². The summed E-state index contributed by atoms with van der Waals surface area (Å²) >= 11 is 0. The second kappa shape index (κ2) is 7.91. The molecule has 2 aromatic heterocycles. The van der Waals surface area contributed by atoms with E-state index in [0.29, 0.717) is 21.9 Å². The Kier molecular flexibility index (Phi) is 4.95. The molecule has 1 unspecified atom stereocenters. The van der Waals surface area contributed by atoms with Crippen molar-refractivity contribution in [3.63, 3.8) is 0 Å². The first-order chi connectivity index (χ1) is 17.3. The van der Waals surface area contributed by atoms with Crippen LogP contribution in [0.2, 0.25) is 0 Å². The summed E-state index contributed by atoms with van der Waals surface area (Å²) < 4.78 is 11.0. The van der Waals surface area contributed by atoms with Crippen LogP contribution in [0.4, 0.5) is 0 Å². The number of para-hydroxylation sites is 2. The molecule has 8 nitrogen and oxygen atoms in total. The molecule has 2 aromatic carbocycles. The molecule has 1 N–H and O–H groups in total. The van der Waals surface area contributed by atoms with Gasteiger partial charge in [-0.25, -0.2) is 9.59 Å². The number of rotatable bonds is 2. The highest BCUT2D eigenvalue weighted by Crippen LogP contribution is 2.53. The topological polar surface area (TPSA) is 156 Å². The summed E-state index contributed by atoms with van der Waals surface area (Å²) in [6, 6.07) is 22.4. The Bertz CT molecular complexity index is 1880. The Labute approximate surface area is 204 Å². The molecule has 172 valence electrons. The average molecular weight is 472 g/mol. The van der Waals surface area contributed by atoms with Crippen molar-refractivity contribution in [2.24, 2.45) is 5.41 Å². The van der Waals surface area contributed by atoms with Crippen molar-refractivity contribution in [2.75, 3.05) is 0 Å². The zero-order chi connectivity index (χ0) is 25.7. The quantitative estimate of drug-likeness (QED) is 0.418. The maximum absolute atomic E-state index is 13.2. The summed E-state index contributed by atoms with van der Waals surface area (Å²) in [5.74, 6) is 0. The van der Waals surface area contributed by atoms with Crippen molar-refractivity contribution < 1.29 is 8.83 Å². The largest absolute Gasteiger partial charge is 0.423 e. The highest BCUT2D eigenvalue weighted by atomic mass is 16.4. The summed E-state index contributed by atoms with van der Waals surface area (Å²) in [6.45, 7) is 1.51. The van der Waals surface area contributed by atoms with E-state index in [4.69, 9.17) is 14.2 Å². The number of allylic oxidation sites excluding steroid dienone is 2. The summed E-state index contributed by atoms with van der Waals surface area (Å²) in [5, 5.41) is 40.4. The first-order valence-corrected chi connectivity index (χ1v) is 10.9. The molecule has 0 spiro atoms. The smallest absolute Gasteiger partial charge is 0.343 e. The predicted molar refractivity (Wildman–Crippen MR) is 131 cm³/mol.